The van der Waals surface area contributed by atoms with E-state index in [1.54, 1.807) is 0 Å². The number of carbonyl (C=O) groups is 1. The molecule has 8 heavy (non-hydrogen) atoms. The number of nitrogens with one attached hydrogen (secondary N) is 1. The van der Waals surface area contributed by atoms with Crippen molar-refractivity contribution in [3.63, 3.8) is 0 Å². The first-order chi connectivity index (χ1) is 3.68. The van der Waals surface area contributed by atoms with E-state index >= 15 is 0 Å². The molecule has 0 spiro atoms. The van der Waals surface area contributed by atoms with Gasteiger partial charge in [0.05, 0.1) is 0 Å². The van der Waals surface area contributed by atoms with Crippen LogP contribution in [0.1, 0.15) is 13.8 Å². The Morgan fingerprint density at radius 3 is 2.38 bits per heavy atom. The van der Waals surface area contributed by atoms with Crippen LogP contribution in [0.15, 0.2) is 0 Å². The van der Waals surface area contributed by atoms with Gasteiger partial charge in [-0.25, -0.2) is 0 Å². The Kier molecular flexibility index (Phi) is 4.32. The van der Waals surface area contributed by atoms with E-state index in [1.165, 1.54) is 0 Å². The Balaban J connectivity index is 3.33. The van der Waals surface area contributed by atoms with Crippen LogP contribution in [-0.4, -0.2) is 33.0 Å². The molecular weight excluding hydrogens is 209 g/mol. The molecule has 0 fully saturated rings. The molecule has 0 aliphatic carbocycles. The van der Waals surface area contributed by atoms with Crippen molar-refractivity contribution in [3.8, 4) is 0 Å². The summed E-state index contributed by atoms with van der Waals surface area (Å²) in [5.74, 6) is 0.306. The standard InChI is InChI=1S/C5H10NO.Sn.H/c1-4(2)5(7)6-3;;/h4H,3H2,1-2H3,(H,6,7);;. The van der Waals surface area contributed by atoms with Gasteiger partial charge in [0.25, 0.3) is 0 Å². The summed E-state index contributed by atoms with van der Waals surface area (Å²) in [7, 11) is 0. The number of rotatable bonds is 2. The molecule has 0 saturated heterocycles. The van der Waals surface area contributed by atoms with E-state index in [-0.39, 0.29) is 11.8 Å². The average Bonchev–Trinajstić information content (AvgIpc) is 1.67. The molecule has 0 rings (SSSR count). The fourth-order valence-electron chi connectivity index (χ4n) is 0.305. The van der Waals surface area contributed by atoms with Crippen molar-refractivity contribution in [1.82, 2.24) is 5.32 Å². The third-order valence-electron chi connectivity index (χ3n) is 0.801. The fourth-order valence-corrected chi connectivity index (χ4v) is 0.879. The Labute approximate surface area is 63.1 Å². The third-order valence-corrected chi connectivity index (χ3v) is 1.38. The van der Waals surface area contributed by atoms with Gasteiger partial charge in [0.2, 0.25) is 0 Å². The number of hydrogen-bond acceptors (Lipinski definition) is 1. The van der Waals surface area contributed by atoms with Crippen LogP contribution < -0.4 is 5.32 Å². The van der Waals surface area contributed by atoms with Crippen molar-refractivity contribution in [2.24, 2.45) is 5.92 Å². The van der Waals surface area contributed by atoms with Crippen LogP contribution in [0.4, 0.5) is 0 Å². The summed E-state index contributed by atoms with van der Waals surface area (Å²) >= 11 is 1.11. The third kappa shape index (κ3) is 3.29. The van der Waals surface area contributed by atoms with Crippen LogP contribution in [0.2, 0.25) is 0 Å². The van der Waals surface area contributed by atoms with Gasteiger partial charge in [-0.2, -0.15) is 0 Å². The van der Waals surface area contributed by atoms with E-state index < -0.39 is 0 Å². The van der Waals surface area contributed by atoms with E-state index in [9.17, 15) is 4.79 Å². The van der Waals surface area contributed by atoms with Crippen LogP contribution in [0.3, 0.4) is 0 Å². The van der Waals surface area contributed by atoms with Crippen molar-refractivity contribution in [2.75, 3.05) is 4.56 Å². The van der Waals surface area contributed by atoms with Gasteiger partial charge in [0.15, 0.2) is 0 Å². The zero-order valence-corrected chi connectivity index (χ0v) is 8.57. The summed E-state index contributed by atoms with van der Waals surface area (Å²) in [5, 5.41) is 2.76. The van der Waals surface area contributed by atoms with Crippen LogP contribution in [0.25, 0.3) is 0 Å². The Hall–Kier alpha value is 0.269. The number of amides is 1. The van der Waals surface area contributed by atoms with Gasteiger partial charge in [0, 0.05) is 0 Å². The van der Waals surface area contributed by atoms with Gasteiger partial charge in [-0.05, 0) is 0 Å². The van der Waals surface area contributed by atoms with E-state index in [0.29, 0.717) is 0 Å². The van der Waals surface area contributed by atoms with Gasteiger partial charge < -0.3 is 0 Å². The summed E-state index contributed by atoms with van der Waals surface area (Å²) in [6.45, 7) is 3.79. The second-order valence-electron chi connectivity index (χ2n) is 1.90. The Bertz CT molecular complexity index is 82.5. The maximum atomic E-state index is 10.7. The molecule has 2 nitrogen and oxygen atoms in total. The molecule has 2 radical (unpaired) electrons. The first-order valence-electron chi connectivity index (χ1n) is 2.66. The molecule has 0 aromatic carbocycles. The van der Waals surface area contributed by atoms with Crippen LogP contribution in [0.5, 0.6) is 0 Å². The van der Waals surface area contributed by atoms with Crippen LogP contribution >= 0.6 is 0 Å². The maximum absolute atomic E-state index is 10.7. The molecule has 0 atom stereocenters. The molecule has 0 bridgehead atoms. The predicted octanol–water partition coefficient (Wildman–Crippen LogP) is -0.383. The Morgan fingerprint density at radius 2 is 2.25 bits per heavy atom. The summed E-state index contributed by atoms with van der Waals surface area (Å²) in [4.78, 5) is 10.7. The van der Waals surface area contributed by atoms with Gasteiger partial charge in [-0.1, -0.05) is 0 Å². The predicted molar refractivity (Wildman–Crippen MR) is 35.0 cm³/mol. The number of hydrogen-bond donors (Lipinski definition) is 1. The normalized spacial score (nSPS) is 9.50. The van der Waals surface area contributed by atoms with E-state index in [1.807, 2.05) is 13.8 Å². The van der Waals surface area contributed by atoms with Crippen molar-refractivity contribution >= 4 is 28.4 Å². The minimum atomic E-state index is 0.141. The molecule has 3 heteroatoms. The molecule has 0 aromatic heterocycles. The molecule has 0 aromatic rings. The summed E-state index contributed by atoms with van der Waals surface area (Å²) < 4.78 is 0.863. The van der Waals surface area contributed by atoms with E-state index in [0.717, 1.165) is 27.1 Å². The van der Waals surface area contributed by atoms with Crippen LogP contribution in [0, 0.1) is 5.92 Å². The van der Waals surface area contributed by atoms with Crippen molar-refractivity contribution in [3.05, 3.63) is 0 Å². The topological polar surface area (TPSA) is 29.1 Å². The quantitative estimate of drug-likeness (QED) is 0.631. The zero-order chi connectivity index (χ0) is 6.57. The molecule has 0 heterocycles. The van der Waals surface area contributed by atoms with E-state index in [4.69, 9.17) is 0 Å². The minimum absolute atomic E-state index is 0.141. The van der Waals surface area contributed by atoms with Gasteiger partial charge >= 0.3 is 62.9 Å². The van der Waals surface area contributed by atoms with Gasteiger partial charge in [0.1, 0.15) is 0 Å². The van der Waals surface area contributed by atoms with Crippen LogP contribution in [-0.2, 0) is 4.79 Å². The molecular formula is C5H11NOSn. The van der Waals surface area contributed by atoms with Gasteiger partial charge in [-0.3, -0.25) is 0 Å². The van der Waals surface area contributed by atoms with Crippen molar-refractivity contribution in [2.45, 2.75) is 13.8 Å². The monoisotopic (exact) mass is 221 g/mol. The molecule has 0 unspecified atom stereocenters. The van der Waals surface area contributed by atoms with E-state index in [2.05, 4.69) is 5.32 Å². The molecule has 0 aliphatic heterocycles. The molecule has 0 saturated carbocycles. The fraction of sp³-hybridized carbons (Fsp3) is 0.800. The molecule has 0 aliphatic rings. The van der Waals surface area contributed by atoms with Crippen molar-refractivity contribution in [1.29, 1.82) is 0 Å². The second kappa shape index (κ2) is 4.18. The average molecular weight is 220 g/mol. The second-order valence-corrected chi connectivity index (χ2v) is 3.07. The summed E-state index contributed by atoms with van der Waals surface area (Å²) in [5.41, 5.74) is 0. The van der Waals surface area contributed by atoms with Crippen molar-refractivity contribution < 1.29 is 4.79 Å². The Morgan fingerprint density at radius 1 is 1.75 bits per heavy atom. The van der Waals surface area contributed by atoms with Gasteiger partial charge in [-0.15, -0.1) is 0 Å². The number of carbonyl (C=O) groups excluding carboxylic acids is 1. The molecule has 1 amide bonds. The summed E-state index contributed by atoms with van der Waals surface area (Å²) in [6, 6.07) is 0. The zero-order valence-electron chi connectivity index (χ0n) is 5.27. The first-order valence-corrected chi connectivity index (χ1v) is 4.99. The SMILES string of the molecule is CC(C)C(=O)N[CH2][SnH]. The molecule has 1 N–H and O–H groups in total. The summed E-state index contributed by atoms with van der Waals surface area (Å²) in [6.07, 6.45) is 0. The first kappa shape index (κ1) is 8.27. The molecule has 46 valence electrons.